The Morgan fingerprint density at radius 2 is 1.95 bits per heavy atom. The summed E-state index contributed by atoms with van der Waals surface area (Å²) in [6, 6.07) is 0. The molecule has 7 nitrogen and oxygen atoms in total. The van der Waals surface area contributed by atoms with Gasteiger partial charge in [0.15, 0.2) is 0 Å². The molecule has 2 amide bonds. The fourth-order valence-corrected chi connectivity index (χ4v) is 1.86. The second-order valence-corrected chi connectivity index (χ2v) is 4.26. The van der Waals surface area contributed by atoms with Gasteiger partial charge in [0.25, 0.3) is 5.91 Å². The van der Waals surface area contributed by atoms with E-state index in [0.717, 1.165) is 0 Å². The van der Waals surface area contributed by atoms with E-state index in [9.17, 15) is 14.4 Å². The normalized spacial score (nSPS) is 10.2. The number of hydrogen-bond acceptors (Lipinski definition) is 3. The van der Waals surface area contributed by atoms with Crippen LogP contribution in [0, 0.1) is 13.8 Å². The number of hydrogen-bond donors (Lipinski definition) is 4. The number of nitrogens with two attached hydrogens (primary N) is 1. The lowest BCUT2D eigenvalue weighted by molar-refractivity contribution is -0.118. The summed E-state index contributed by atoms with van der Waals surface area (Å²) in [5.74, 6) is -1.88. The highest BCUT2D eigenvalue weighted by molar-refractivity contribution is 6.00. The minimum Gasteiger partial charge on any atom is -0.477 e. The lowest BCUT2D eigenvalue weighted by atomic mass is 10.1. The molecule has 0 bridgehead atoms. The molecule has 0 aliphatic carbocycles. The summed E-state index contributed by atoms with van der Waals surface area (Å²) in [5.41, 5.74) is 6.23. The molecule has 0 fully saturated rings. The fourth-order valence-electron chi connectivity index (χ4n) is 1.86. The molecule has 0 spiro atoms. The fraction of sp³-hybridized carbons (Fsp3) is 0.417. The van der Waals surface area contributed by atoms with Crippen molar-refractivity contribution < 1.29 is 19.5 Å². The predicted octanol–water partition coefficient (Wildman–Crippen LogP) is 0.325. The first kappa shape index (κ1) is 14.7. The number of amides is 2. The minimum absolute atomic E-state index is 0.0137. The maximum atomic E-state index is 11.9. The third-order valence-electron chi connectivity index (χ3n) is 2.76. The van der Waals surface area contributed by atoms with Crippen LogP contribution in [0.5, 0.6) is 0 Å². The number of carbonyl (C=O) groups is 3. The second-order valence-electron chi connectivity index (χ2n) is 4.26. The van der Waals surface area contributed by atoms with Crippen LogP contribution >= 0.6 is 0 Å². The third kappa shape index (κ3) is 3.57. The molecule has 0 atom stereocenters. The zero-order valence-electron chi connectivity index (χ0n) is 10.9. The molecule has 1 aromatic rings. The van der Waals surface area contributed by atoms with E-state index in [1.807, 2.05) is 0 Å². The molecule has 19 heavy (non-hydrogen) atoms. The molecule has 0 saturated carbocycles. The standard InChI is InChI=1S/C12H17N3O4/c1-6-9(7(2)15-10(6)12(18)19)11(17)14-5-3-4-8(13)16/h15H,3-5H2,1-2H3,(H2,13,16)(H,14,17)(H,18,19). The summed E-state index contributed by atoms with van der Waals surface area (Å²) in [4.78, 5) is 36.1. The highest BCUT2D eigenvalue weighted by Crippen LogP contribution is 2.17. The van der Waals surface area contributed by atoms with Crippen LogP contribution in [0.15, 0.2) is 0 Å². The lowest BCUT2D eigenvalue weighted by Crippen LogP contribution is -2.26. The molecule has 0 unspecified atom stereocenters. The van der Waals surface area contributed by atoms with E-state index in [1.54, 1.807) is 13.8 Å². The molecule has 0 aromatic carbocycles. The molecular formula is C12H17N3O4. The van der Waals surface area contributed by atoms with Gasteiger partial charge in [-0.3, -0.25) is 9.59 Å². The predicted molar refractivity (Wildman–Crippen MR) is 68.0 cm³/mol. The number of H-pyrrole nitrogens is 1. The number of carboxylic acids is 1. The molecule has 0 aliphatic rings. The molecule has 0 aliphatic heterocycles. The highest BCUT2D eigenvalue weighted by atomic mass is 16.4. The number of aromatic amines is 1. The Morgan fingerprint density at radius 1 is 1.32 bits per heavy atom. The van der Waals surface area contributed by atoms with Gasteiger partial charge in [-0.05, 0) is 25.8 Å². The van der Waals surface area contributed by atoms with E-state index in [0.29, 0.717) is 29.8 Å². The van der Waals surface area contributed by atoms with Crippen LogP contribution in [-0.4, -0.2) is 34.4 Å². The summed E-state index contributed by atoms with van der Waals surface area (Å²) >= 11 is 0. The monoisotopic (exact) mass is 267 g/mol. The zero-order valence-corrected chi connectivity index (χ0v) is 10.9. The van der Waals surface area contributed by atoms with Gasteiger partial charge in [-0.15, -0.1) is 0 Å². The summed E-state index contributed by atoms with van der Waals surface area (Å²) in [7, 11) is 0. The van der Waals surface area contributed by atoms with Gasteiger partial charge < -0.3 is 21.1 Å². The van der Waals surface area contributed by atoms with Crippen molar-refractivity contribution in [2.45, 2.75) is 26.7 Å². The molecular weight excluding hydrogens is 250 g/mol. The van der Waals surface area contributed by atoms with Crippen molar-refractivity contribution in [1.29, 1.82) is 0 Å². The summed E-state index contributed by atoms with van der Waals surface area (Å²) in [6.45, 7) is 3.53. The van der Waals surface area contributed by atoms with Crippen molar-refractivity contribution >= 4 is 17.8 Å². The summed E-state index contributed by atoms with van der Waals surface area (Å²) in [6.07, 6.45) is 0.654. The highest BCUT2D eigenvalue weighted by Gasteiger charge is 2.21. The Balaban J connectivity index is 2.72. The maximum Gasteiger partial charge on any atom is 0.352 e. The number of carbonyl (C=O) groups excluding carboxylic acids is 2. The zero-order chi connectivity index (χ0) is 14.6. The first-order chi connectivity index (χ1) is 8.84. The van der Waals surface area contributed by atoms with Crippen LogP contribution in [0.3, 0.4) is 0 Å². The molecule has 7 heteroatoms. The van der Waals surface area contributed by atoms with Crippen molar-refractivity contribution in [3.05, 3.63) is 22.5 Å². The summed E-state index contributed by atoms with van der Waals surface area (Å²) < 4.78 is 0. The van der Waals surface area contributed by atoms with Crippen molar-refractivity contribution in [3.63, 3.8) is 0 Å². The van der Waals surface area contributed by atoms with E-state index in [2.05, 4.69) is 10.3 Å². The van der Waals surface area contributed by atoms with Crippen molar-refractivity contribution in [2.24, 2.45) is 5.73 Å². The Kier molecular flexibility index (Phi) is 4.68. The molecule has 1 rings (SSSR count). The van der Waals surface area contributed by atoms with Gasteiger partial charge in [0, 0.05) is 18.7 Å². The average molecular weight is 267 g/mol. The van der Waals surface area contributed by atoms with Crippen molar-refractivity contribution in [3.8, 4) is 0 Å². The van der Waals surface area contributed by atoms with Crippen LogP contribution in [0.25, 0.3) is 0 Å². The molecule has 1 heterocycles. The van der Waals surface area contributed by atoms with Gasteiger partial charge in [-0.1, -0.05) is 0 Å². The van der Waals surface area contributed by atoms with Gasteiger partial charge in [0.1, 0.15) is 5.69 Å². The van der Waals surface area contributed by atoms with E-state index in [-0.39, 0.29) is 18.0 Å². The SMILES string of the molecule is Cc1[nH]c(C(=O)O)c(C)c1C(=O)NCCCC(N)=O. The van der Waals surface area contributed by atoms with Crippen molar-refractivity contribution in [1.82, 2.24) is 10.3 Å². The Labute approximate surface area is 110 Å². The molecule has 0 radical (unpaired) electrons. The Bertz CT molecular complexity index is 519. The number of aromatic carboxylic acids is 1. The van der Waals surface area contributed by atoms with Gasteiger partial charge in [-0.2, -0.15) is 0 Å². The van der Waals surface area contributed by atoms with Crippen LogP contribution < -0.4 is 11.1 Å². The minimum atomic E-state index is -1.10. The number of primary amides is 1. The second kappa shape index (κ2) is 6.03. The van der Waals surface area contributed by atoms with E-state index in [1.165, 1.54) is 0 Å². The maximum absolute atomic E-state index is 11.9. The van der Waals surface area contributed by atoms with Gasteiger partial charge in [0.05, 0.1) is 5.56 Å². The summed E-state index contributed by atoms with van der Waals surface area (Å²) in [5, 5.41) is 11.6. The van der Waals surface area contributed by atoms with Crippen LogP contribution in [-0.2, 0) is 4.79 Å². The van der Waals surface area contributed by atoms with E-state index in [4.69, 9.17) is 10.8 Å². The first-order valence-corrected chi connectivity index (χ1v) is 5.83. The Morgan fingerprint density at radius 3 is 2.42 bits per heavy atom. The third-order valence-corrected chi connectivity index (χ3v) is 2.76. The van der Waals surface area contributed by atoms with E-state index < -0.39 is 11.9 Å². The molecule has 5 N–H and O–H groups in total. The average Bonchev–Trinajstić information content (AvgIpc) is 2.60. The quantitative estimate of drug-likeness (QED) is 0.554. The number of aromatic nitrogens is 1. The van der Waals surface area contributed by atoms with Crippen LogP contribution in [0.1, 0.15) is 44.9 Å². The lowest BCUT2D eigenvalue weighted by Gasteiger charge is -2.05. The number of nitrogens with one attached hydrogen (secondary N) is 2. The molecule has 1 aromatic heterocycles. The Hall–Kier alpha value is -2.31. The molecule has 0 saturated heterocycles. The first-order valence-electron chi connectivity index (χ1n) is 5.83. The van der Waals surface area contributed by atoms with Gasteiger partial charge in [-0.25, -0.2) is 4.79 Å². The van der Waals surface area contributed by atoms with Gasteiger partial charge in [0.2, 0.25) is 5.91 Å². The van der Waals surface area contributed by atoms with Crippen LogP contribution in [0.2, 0.25) is 0 Å². The topological polar surface area (TPSA) is 125 Å². The largest absolute Gasteiger partial charge is 0.477 e. The van der Waals surface area contributed by atoms with Crippen molar-refractivity contribution in [2.75, 3.05) is 6.54 Å². The number of carboxylic acid groups (broad SMARTS) is 1. The number of rotatable bonds is 6. The smallest absolute Gasteiger partial charge is 0.352 e. The number of aryl methyl sites for hydroxylation is 1. The van der Waals surface area contributed by atoms with Crippen LogP contribution in [0.4, 0.5) is 0 Å². The molecule has 104 valence electrons. The van der Waals surface area contributed by atoms with Gasteiger partial charge >= 0.3 is 5.97 Å². The van der Waals surface area contributed by atoms with E-state index >= 15 is 0 Å².